The number of halogens is 1. The molecule has 0 aliphatic heterocycles. The van der Waals surface area contributed by atoms with Crippen LogP contribution in [0.5, 0.6) is 5.75 Å². The summed E-state index contributed by atoms with van der Waals surface area (Å²) in [5.41, 5.74) is 0.910. The molecule has 2 rings (SSSR count). The molecule has 1 heterocycles. The van der Waals surface area contributed by atoms with Crippen molar-refractivity contribution in [1.82, 2.24) is 10.2 Å². The molecule has 0 aliphatic carbocycles. The molecule has 0 fully saturated rings. The summed E-state index contributed by atoms with van der Waals surface area (Å²) in [4.78, 5) is 14.3. The zero-order valence-corrected chi connectivity index (χ0v) is 15.1. The second-order valence-electron chi connectivity index (χ2n) is 5.91. The number of carbonyl (C=O) groups excluding carboxylic acids is 1. The summed E-state index contributed by atoms with van der Waals surface area (Å²) in [5.74, 6) is 1.25. The first-order chi connectivity index (χ1) is 11.4. The summed E-state index contributed by atoms with van der Waals surface area (Å²) in [6.07, 6.45) is 1.02. The van der Waals surface area contributed by atoms with Gasteiger partial charge in [0.15, 0.2) is 6.10 Å². The van der Waals surface area contributed by atoms with Crippen molar-refractivity contribution in [1.29, 1.82) is 0 Å². The summed E-state index contributed by atoms with van der Waals surface area (Å²) >= 11 is 5.99. The average molecular weight is 351 g/mol. The van der Waals surface area contributed by atoms with Crippen molar-refractivity contribution < 1.29 is 13.9 Å². The van der Waals surface area contributed by atoms with Gasteiger partial charge in [-0.1, -0.05) is 11.6 Å². The Kier molecular flexibility index (Phi) is 6.29. The number of likely N-dealkylation sites (N-methyl/N-ethyl adjacent to an activating group) is 1. The quantitative estimate of drug-likeness (QED) is 0.831. The molecule has 5 nitrogen and oxygen atoms in total. The maximum Gasteiger partial charge on any atom is 0.260 e. The van der Waals surface area contributed by atoms with Crippen LogP contribution >= 0.6 is 11.6 Å². The van der Waals surface area contributed by atoms with Crippen LogP contribution in [-0.4, -0.2) is 37.6 Å². The van der Waals surface area contributed by atoms with Gasteiger partial charge in [0.1, 0.15) is 11.5 Å². The van der Waals surface area contributed by atoms with Crippen molar-refractivity contribution in [2.45, 2.75) is 26.0 Å². The molecule has 1 amide bonds. The van der Waals surface area contributed by atoms with E-state index in [0.717, 1.165) is 11.3 Å². The fraction of sp³-hybridized carbons (Fsp3) is 0.389. The highest BCUT2D eigenvalue weighted by atomic mass is 35.5. The van der Waals surface area contributed by atoms with E-state index in [0.29, 0.717) is 17.3 Å². The highest BCUT2D eigenvalue weighted by Gasteiger charge is 2.20. The van der Waals surface area contributed by atoms with Crippen LogP contribution in [0.1, 0.15) is 24.3 Å². The number of rotatable bonds is 7. The number of hydrogen-bond donors (Lipinski definition) is 1. The molecule has 2 atom stereocenters. The zero-order valence-electron chi connectivity index (χ0n) is 14.4. The largest absolute Gasteiger partial charge is 0.481 e. The molecule has 6 heteroatoms. The van der Waals surface area contributed by atoms with Gasteiger partial charge in [-0.05, 0) is 63.8 Å². The Hall–Kier alpha value is -1.98. The van der Waals surface area contributed by atoms with Crippen molar-refractivity contribution in [3.05, 3.63) is 52.9 Å². The lowest BCUT2D eigenvalue weighted by Crippen LogP contribution is -2.40. The van der Waals surface area contributed by atoms with E-state index in [1.807, 2.05) is 44.1 Å². The van der Waals surface area contributed by atoms with Gasteiger partial charge in [-0.2, -0.15) is 0 Å². The van der Waals surface area contributed by atoms with Crippen molar-refractivity contribution >= 4 is 17.5 Å². The summed E-state index contributed by atoms with van der Waals surface area (Å²) < 4.78 is 11.1. The van der Waals surface area contributed by atoms with Gasteiger partial charge >= 0.3 is 0 Å². The van der Waals surface area contributed by atoms with E-state index in [9.17, 15) is 4.79 Å². The van der Waals surface area contributed by atoms with Gasteiger partial charge in [0, 0.05) is 11.6 Å². The number of carbonyl (C=O) groups is 1. The third-order valence-corrected chi connectivity index (χ3v) is 4.20. The molecule has 24 heavy (non-hydrogen) atoms. The van der Waals surface area contributed by atoms with Crippen molar-refractivity contribution in [3.8, 4) is 5.75 Å². The van der Waals surface area contributed by atoms with Crippen molar-refractivity contribution in [2.75, 3.05) is 20.6 Å². The molecule has 1 aromatic heterocycles. The van der Waals surface area contributed by atoms with Gasteiger partial charge in [0.25, 0.3) is 5.91 Å². The lowest BCUT2D eigenvalue weighted by Gasteiger charge is -2.23. The molecular formula is C18H23ClN2O3. The fourth-order valence-electron chi connectivity index (χ4n) is 2.31. The minimum Gasteiger partial charge on any atom is -0.481 e. The van der Waals surface area contributed by atoms with Crippen LogP contribution in [0, 0.1) is 6.92 Å². The molecule has 0 saturated heterocycles. The number of amides is 1. The van der Waals surface area contributed by atoms with E-state index in [1.54, 1.807) is 25.3 Å². The number of benzene rings is 1. The van der Waals surface area contributed by atoms with Crippen molar-refractivity contribution in [3.63, 3.8) is 0 Å². The van der Waals surface area contributed by atoms with Gasteiger partial charge in [-0.3, -0.25) is 9.69 Å². The summed E-state index contributed by atoms with van der Waals surface area (Å²) in [7, 11) is 3.88. The molecule has 2 unspecified atom stereocenters. The predicted molar refractivity (Wildman–Crippen MR) is 94.4 cm³/mol. The Balaban J connectivity index is 1.92. The van der Waals surface area contributed by atoms with Gasteiger partial charge in [-0.15, -0.1) is 0 Å². The Morgan fingerprint density at radius 3 is 2.71 bits per heavy atom. The molecular weight excluding hydrogens is 328 g/mol. The number of furan rings is 1. The number of aryl methyl sites for hydroxylation is 1. The molecule has 130 valence electrons. The standard InChI is InChI=1S/C18H23ClN2O3/c1-12-10-14(7-8-15(12)19)24-13(2)18(22)20-11-16(21(3)4)17-6-5-9-23-17/h5-10,13,16H,11H2,1-4H3,(H,20,22). The third-order valence-electron chi connectivity index (χ3n) is 3.78. The predicted octanol–water partition coefficient (Wildman–Crippen LogP) is 3.43. The monoisotopic (exact) mass is 350 g/mol. The van der Waals surface area contributed by atoms with Crippen LogP contribution < -0.4 is 10.1 Å². The first-order valence-corrected chi connectivity index (χ1v) is 8.16. The number of nitrogens with one attached hydrogen (secondary N) is 1. The number of nitrogens with zero attached hydrogens (tertiary/aromatic N) is 1. The first kappa shape index (κ1) is 18.4. The van der Waals surface area contributed by atoms with Crippen LogP contribution in [-0.2, 0) is 4.79 Å². The van der Waals surface area contributed by atoms with E-state index in [2.05, 4.69) is 5.32 Å². The van der Waals surface area contributed by atoms with Crippen LogP contribution in [0.15, 0.2) is 41.0 Å². The maximum atomic E-state index is 12.3. The Morgan fingerprint density at radius 2 is 2.12 bits per heavy atom. The Labute approximate surface area is 147 Å². The molecule has 2 aromatic rings. The molecule has 0 spiro atoms. The molecule has 0 bridgehead atoms. The van der Waals surface area contributed by atoms with E-state index in [-0.39, 0.29) is 11.9 Å². The van der Waals surface area contributed by atoms with Crippen molar-refractivity contribution in [2.24, 2.45) is 0 Å². The summed E-state index contributed by atoms with van der Waals surface area (Å²) in [6, 6.07) is 9.03. The molecule has 1 N–H and O–H groups in total. The smallest absolute Gasteiger partial charge is 0.260 e. The van der Waals surface area contributed by atoms with Gasteiger partial charge < -0.3 is 14.5 Å². The van der Waals surface area contributed by atoms with Crippen LogP contribution in [0.2, 0.25) is 5.02 Å². The van der Waals surface area contributed by atoms with Gasteiger partial charge in [-0.25, -0.2) is 0 Å². The minimum absolute atomic E-state index is 0.0334. The van der Waals surface area contributed by atoms with Crippen LogP contribution in [0.25, 0.3) is 0 Å². The minimum atomic E-state index is -0.606. The second kappa shape index (κ2) is 8.22. The molecule has 0 radical (unpaired) electrons. The lowest BCUT2D eigenvalue weighted by atomic mass is 10.2. The van der Waals surface area contributed by atoms with Gasteiger partial charge in [0.2, 0.25) is 0 Å². The van der Waals surface area contributed by atoms with Crippen LogP contribution in [0.3, 0.4) is 0 Å². The van der Waals surface area contributed by atoms with E-state index in [4.69, 9.17) is 20.8 Å². The van der Waals surface area contributed by atoms with E-state index in [1.165, 1.54) is 0 Å². The number of hydrogen-bond acceptors (Lipinski definition) is 4. The summed E-state index contributed by atoms with van der Waals surface area (Å²) in [5, 5.41) is 3.58. The SMILES string of the molecule is Cc1cc(OC(C)C(=O)NCC(c2ccco2)N(C)C)ccc1Cl. The highest BCUT2D eigenvalue weighted by Crippen LogP contribution is 2.22. The normalized spacial score (nSPS) is 13.6. The fourth-order valence-corrected chi connectivity index (χ4v) is 2.43. The molecule has 1 aromatic carbocycles. The highest BCUT2D eigenvalue weighted by molar-refractivity contribution is 6.31. The molecule has 0 aliphatic rings. The van der Waals surface area contributed by atoms with E-state index >= 15 is 0 Å². The maximum absolute atomic E-state index is 12.3. The Bertz CT molecular complexity index is 671. The lowest BCUT2D eigenvalue weighted by molar-refractivity contribution is -0.127. The topological polar surface area (TPSA) is 54.7 Å². The second-order valence-corrected chi connectivity index (χ2v) is 6.32. The van der Waals surface area contributed by atoms with Crippen LogP contribution in [0.4, 0.5) is 0 Å². The first-order valence-electron chi connectivity index (χ1n) is 7.79. The Morgan fingerprint density at radius 1 is 1.38 bits per heavy atom. The average Bonchev–Trinajstić information content (AvgIpc) is 3.04. The zero-order chi connectivity index (χ0) is 17.7. The molecule has 0 saturated carbocycles. The third kappa shape index (κ3) is 4.76. The van der Waals surface area contributed by atoms with E-state index < -0.39 is 6.10 Å². The number of ether oxygens (including phenoxy) is 1. The van der Waals surface area contributed by atoms with Gasteiger partial charge in [0.05, 0.1) is 12.3 Å². The summed E-state index contributed by atoms with van der Waals surface area (Å²) in [6.45, 7) is 4.05.